The molecule has 2 atom stereocenters. The van der Waals surface area contributed by atoms with E-state index in [-0.39, 0.29) is 6.04 Å². The standard InChI is InChI=1S/C53H39N3S/c1-36-33-41(35-42(34-36)56-47-22-9-11-27-51(47)57-52-28-12-10-23-48(52)56)55-46-21-8-7-20-44(46)53-49(25-14-26-50(53)55)54(45-24-13-18-39-17-5-6-19-43(39)45)40-31-29-38(30-32-40)37-15-3-2-4-16-37/h2-12,14-17,19-23,25-33,35-36,45H,24,34H2,1H3/t36-,45?/m0/s1. The maximum Gasteiger partial charge on any atom is 0.0713 e. The van der Waals surface area contributed by atoms with Crippen molar-refractivity contribution in [3.8, 4) is 23.0 Å². The third-order valence-electron chi connectivity index (χ3n) is 11.6. The molecule has 8 aromatic rings. The molecule has 0 spiro atoms. The van der Waals surface area contributed by atoms with Crippen molar-refractivity contribution >= 4 is 62.0 Å². The molecule has 0 N–H and O–H groups in total. The van der Waals surface area contributed by atoms with Gasteiger partial charge in [-0.15, -0.1) is 0 Å². The van der Waals surface area contributed by atoms with Gasteiger partial charge in [0, 0.05) is 49.6 Å². The molecule has 2 aliphatic carbocycles. The summed E-state index contributed by atoms with van der Waals surface area (Å²) in [6.07, 6.45) is 6.59. The molecule has 1 aliphatic heterocycles. The number of rotatable bonds is 6. The lowest BCUT2D eigenvalue weighted by atomic mass is 9.91. The molecular weight excluding hydrogens is 711 g/mol. The Balaban J connectivity index is 1.11. The van der Waals surface area contributed by atoms with E-state index in [1.807, 2.05) is 11.8 Å². The van der Waals surface area contributed by atoms with Crippen LogP contribution >= 0.6 is 11.8 Å². The molecule has 0 saturated heterocycles. The van der Waals surface area contributed by atoms with Crippen LogP contribution in [0.15, 0.2) is 197 Å². The zero-order valence-electron chi connectivity index (χ0n) is 31.6. The van der Waals surface area contributed by atoms with Gasteiger partial charge in [-0.1, -0.05) is 146 Å². The number of hydrogen-bond acceptors (Lipinski definition) is 3. The lowest BCUT2D eigenvalue weighted by Crippen LogP contribution is -2.25. The van der Waals surface area contributed by atoms with Crippen LogP contribution in [-0.4, -0.2) is 4.57 Å². The normalized spacial score (nSPS) is 16.8. The average Bonchev–Trinajstić information content (AvgIpc) is 3.61. The van der Waals surface area contributed by atoms with E-state index in [4.69, 9.17) is 0 Å². The molecule has 0 fully saturated rings. The number of aromatic nitrogens is 1. The van der Waals surface area contributed by atoms with Crippen LogP contribution in [0.4, 0.5) is 22.7 Å². The maximum atomic E-state index is 3.53. The van der Waals surface area contributed by atoms with Crippen LogP contribution in [0.2, 0.25) is 0 Å². The van der Waals surface area contributed by atoms with Crippen LogP contribution in [0.5, 0.6) is 0 Å². The van der Waals surface area contributed by atoms with Crippen LogP contribution in [-0.2, 0) is 0 Å². The van der Waals surface area contributed by atoms with Gasteiger partial charge in [-0.3, -0.25) is 0 Å². The molecule has 0 radical (unpaired) electrons. The number of anilines is 4. The van der Waals surface area contributed by atoms with Crippen molar-refractivity contribution in [2.45, 2.75) is 35.6 Å². The number of fused-ring (bicyclic) bond motifs is 6. The lowest BCUT2D eigenvalue weighted by Gasteiger charge is -2.36. The molecule has 1 unspecified atom stereocenters. The van der Waals surface area contributed by atoms with Gasteiger partial charge in [0.2, 0.25) is 0 Å². The van der Waals surface area contributed by atoms with Gasteiger partial charge < -0.3 is 14.4 Å². The van der Waals surface area contributed by atoms with Crippen LogP contribution in [0.3, 0.4) is 0 Å². The van der Waals surface area contributed by atoms with Crippen molar-refractivity contribution in [3.63, 3.8) is 0 Å². The minimum atomic E-state index is 0.0373. The monoisotopic (exact) mass is 749 g/mol. The second kappa shape index (κ2) is 13.8. The van der Waals surface area contributed by atoms with E-state index in [0.29, 0.717) is 5.92 Å². The van der Waals surface area contributed by atoms with Gasteiger partial charge in [-0.2, -0.15) is 0 Å². The molecule has 11 rings (SSSR count). The summed E-state index contributed by atoms with van der Waals surface area (Å²) in [5.41, 5.74) is 14.5. The molecule has 7 aromatic carbocycles. The fourth-order valence-electron chi connectivity index (χ4n) is 9.16. The molecule has 4 heteroatoms. The fourth-order valence-corrected chi connectivity index (χ4v) is 10.2. The molecular formula is C53H39N3S. The SMILES string of the molecule is C[C@H]1C=C(n2c3ccccc3c3c(N(c4ccc(-c5ccccc5)cc4)C4CC#Cc5ccccc54)cccc32)C=C(N2c3ccccc3Sc3ccccc32)C1. The predicted octanol–water partition coefficient (Wildman–Crippen LogP) is 14.2. The second-order valence-electron chi connectivity index (χ2n) is 15.2. The van der Waals surface area contributed by atoms with Crippen molar-refractivity contribution in [1.29, 1.82) is 0 Å². The van der Waals surface area contributed by atoms with Crippen molar-refractivity contribution < 1.29 is 0 Å². The van der Waals surface area contributed by atoms with Gasteiger partial charge in [0.05, 0.1) is 34.1 Å². The number of para-hydroxylation sites is 3. The molecule has 0 amide bonds. The van der Waals surface area contributed by atoms with Crippen LogP contribution in [0, 0.1) is 17.8 Å². The number of hydrogen-bond donors (Lipinski definition) is 0. The molecule has 3 aliphatic rings. The summed E-state index contributed by atoms with van der Waals surface area (Å²) < 4.78 is 2.51. The van der Waals surface area contributed by atoms with E-state index in [2.05, 4.69) is 215 Å². The van der Waals surface area contributed by atoms with E-state index in [0.717, 1.165) is 24.1 Å². The van der Waals surface area contributed by atoms with Crippen molar-refractivity contribution in [2.75, 3.05) is 9.80 Å². The van der Waals surface area contributed by atoms with Crippen LogP contribution in [0.25, 0.3) is 38.6 Å². The molecule has 3 nitrogen and oxygen atoms in total. The largest absolute Gasteiger partial charge is 0.332 e. The van der Waals surface area contributed by atoms with E-state index < -0.39 is 0 Å². The van der Waals surface area contributed by atoms with Gasteiger partial charge in [0.15, 0.2) is 0 Å². The molecule has 272 valence electrons. The smallest absolute Gasteiger partial charge is 0.0713 e. The summed E-state index contributed by atoms with van der Waals surface area (Å²) >= 11 is 1.86. The predicted molar refractivity (Wildman–Crippen MR) is 239 cm³/mol. The van der Waals surface area contributed by atoms with Gasteiger partial charge in [-0.05, 0) is 95.8 Å². The number of allylic oxidation sites excluding steroid dienone is 4. The second-order valence-corrected chi connectivity index (χ2v) is 16.3. The zero-order chi connectivity index (χ0) is 37.9. The zero-order valence-corrected chi connectivity index (χ0v) is 32.5. The molecule has 1 aromatic heterocycles. The van der Waals surface area contributed by atoms with Gasteiger partial charge in [-0.25, -0.2) is 0 Å². The summed E-state index contributed by atoms with van der Waals surface area (Å²) in [5.74, 6) is 7.31. The fraction of sp³-hybridized carbons (Fsp3) is 0.0943. The molecule has 57 heavy (non-hydrogen) atoms. The van der Waals surface area contributed by atoms with E-state index in [1.165, 1.54) is 76.7 Å². The molecule has 0 bridgehead atoms. The molecule has 2 heterocycles. The van der Waals surface area contributed by atoms with Crippen molar-refractivity contribution in [1.82, 2.24) is 4.57 Å². The Hall–Kier alpha value is -6.67. The first-order chi connectivity index (χ1) is 28.2. The first kappa shape index (κ1) is 33.6. The summed E-state index contributed by atoms with van der Waals surface area (Å²) in [6, 6.07) is 61.9. The number of benzene rings is 7. The van der Waals surface area contributed by atoms with Gasteiger partial charge in [0.25, 0.3) is 0 Å². The van der Waals surface area contributed by atoms with Crippen molar-refractivity contribution in [3.05, 3.63) is 199 Å². The highest BCUT2D eigenvalue weighted by Gasteiger charge is 2.31. The van der Waals surface area contributed by atoms with Crippen LogP contribution in [0.1, 0.15) is 36.9 Å². The van der Waals surface area contributed by atoms with Gasteiger partial charge in [0.1, 0.15) is 0 Å². The maximum absolute atomic E-state index is 3.53. The summed E-state index contributed by atoms with van der Waals surface area (Å²) in [7, 11) is 0. The highest BCUT2D eigenvalue weighted by molar-refractivity contribution is 7.99. The Labute approximate surface area is 338 Å². The highest BCUT2D eigenvalue weighted by Crippen LogP contribution is 2.52. The van der Waals surface area contributed by atoms with E-state index in [1.54, 1.807) is 0 Å². The minimum Gasteiger partial charge on any atom is -0.332 e. The van der Waals surface area contributed by atoms with E-state index in [9.17, 15) is 0 Å². The summed E-state index contributed by atoms with van der Waals surface area (Å²) in [6.45, 7) is 2.35. The quantitative estimate of drug-likeness (QED) is 0.157. The Bertz CT molecular complexity index is 2930. The Kier molecular flexibility index (Phi) is 8.16. The first-order valence-corrected chi connectivity index (χ1v) is 20.6. The summed E-state index contributed by atoms with van der Waals surface area (Å²) in [5, 5.41) is 2.48. The minimum absolute atomic E-state index is 0.0373. The first-order valence-electron chi connectivity index (χ1n) is 19.8. The van der Waals surface area contributed by atoms with Gasteiger partial charge >= 0.3 is 0 Å². The summed E-state index contributed by atoms with van der Waals surface area (Å²) in [4.78, 5) is 7.63. The average molecular weight is 750 g/mol. The number of nitrogens with zero attached hydrogens (tertiary/aromatic N) is 3. The Morgan fingerprint density at radius 3 is 2.11 bits per heavy atom. The van der Waals surface area contributed by atoms with Crippen LogP contribution < -0.4 is 9.80 Å². The Morgan fingerprint density at radius 2 is 1.30 bits per heavy atom. The Morgan fingerprint density at radius 1 is 0.632 bits per heavy atom. The third-order valence-corrected chi connectivity index (χ3v) is 12.7. The molecule has 0 saturated carbocycles. The highest BCUT2D eigenvalue weighted by atomic mass is 32.2. The lowest BCUT2D eigenvalue weighted by molar-refractivity contribution is 0.693. The van der Waals surface area contributed by atoms with Crippen molar-refractivity contribution in [2.24, 2.45) is 5.92 Å². The topological polar surface area (TPSA) is 11.4 Å². The van der Waals surface area contributed by atoms with E-state index >= 15 is 0 Å². The third kappa shape index (κ3) is 5.69.